The summed E-state index contributed by atoms with van der Waals surface area (Å²) >= 11 is 0. The Bertz CT molecular complexity index is 508. The minimum Gasteiger partial charge on any atom is -0.370 e. The van der Waals surface area contributed by atoms with Crippen molar-refractivity contribution in [3.63, 3.8) is 0 Å². The third kappa shape index (κ3) is 3.77. The number of carbonyl (C=O) groups excluding carboxylic acids is 1. The van der Waals surface area contributed by atoms with Crippen LogP contribution in [-0.4, -0.2) is 39.0 Å². The van der Waals surface area contributed by atoms with Gasteiger partial charge < -0.3 is 10.6 Å². The third-order valence-corrected chi connectivity index (χ3v) is 2.48. The standard InChI is InChI=1S/C12H16N6O/c1-2-13-11-4-3-10(9-15-11)12(19)14-5-7-18-8-6-16-17-18/h3-4,6,8-9H,2,5,7H2,1H3,(H,13,15)(H,14,19). The van der Waals surface area contributed by atoms with Crippen molar-refractivity contribution in [2.75, 3.05) is 18.4 Å². The molecular weight excluding hydrogens is 244 g/mol. The molecule has 100 valence electrons. The van der Waals surface area contributed by atoms with E-state index in [0.717, 1.165) is 12.4 Å². The highest BCUT2D eigenvalue weighted by Gasteiger charge is 2.05. The molecule has 2 N–H and O–H groups in total. The molecule has 7 heteroatoms. The number of nitrogens with one attached hydrogen (secondary N) is 2. The van der Waals surface area contributed by atoms with Crippen LogP contribution in [0, 0.1) is 0 Å². The molecule has 2 heterocycles. The number of nitrogens with zero attached hydrogens (tertiary/aromatic N) is 4. The minimum absolute atomic E-state index is 0.143. The largest absolute Gasteiger partial charge is 0.370 e. The summed E-state index contributed by atoms with van der Waals surface area (Å²) in [5, 5.41) is 13.4. The Balaban J connectivity index is 1.82. The normalized spacial score (nSPS) is 10.2. The van der Waals surface area contributed by atoms with Gasteiger partial charge in [-0.3, -0.25) is 9.48 Å². The van der Waals surface area contributed by atoms with Crippen LogP contribution >= 0.6 is 0 Å². The Kier molecular flexibility index (Phi) is 4.44. The fraction of sp³-hybridized carbons (Fsp3) is 0.333. The molecular formula is C12H16N6O. The number of hydrogen-bond acceptors (Lipinski definition) is 5. The number of anilines is 1. The summed E-state index contributed by atoms with van der Waals surface area (Å²) in [7, 11) is 0. The Morgan fingerprint density at radius 1 is 1.42 bits per heavy atom. The first-order valence-corrected chi connectivity index (χ1v) is 6.12. The van der Waals surface area contributed by atoms with E-state index in [9.17, 15) is 4.79 Å². The summed E-state index contributed by atoms with van der Waals surface area (Å²) in [5.74, 6) is 0.623. The fourth-order valence-electron chi connectivity index (χ4n) is 1.55. The van der Waals surface area contributed by atoms with Gasteiger partial charge in [0.05, 0.1) is 18.3 Å². The molecule has 0 aliphatic carbocycles. The van der Waals surface area contributed by atoms with E-state index in [1.165, 1.54) is 0 Å². The predicted octanol–water partition coefficient (Wildman–Crippen LogP) is 0.535. The lowest BCUT2D eigenvalue weighted by atomic mass is 10.2. The van der Waals surface area contributed by atoms with Crippen LogP contribution < -0.4 is 10.6 Å². The Hall–Kier alpha value is -2.44. The van der Waals surface area contributed by atoms with Gasteiger partial charge >= 0.3 is 0 Å². The topological polar surface area (TPSA) is 84.7 Å². The van der Waals surface area contributed by atoms with Crippen LogP contribution in [0.3, 0.4) is 0 Å². The van der Waals surface area contributed by atoms with Gasteiger partial charge in [-0.1, -0.05) is 5.21 Å². The molecule has 2 aromatic heterocycles. The summed E-state index contributed by atoms with van der Waals surface area (Å²) in [6.45, 7) is 3.88. The Morgan fingerprint density at radius 3 is 2.95 bits per heavy atom. The van der Waals surface area contributed by atoms with E-state index in [4.69, 9.17) is 0 Å². The molecule has 0 saturated heterocycles. The molecule has 2 aromatic rings. The zero-order chi connectivity index (χ0) is 13.5. The highest BCUT2D eigenvalue weighted by Crippen LogP contribution is 2.04. The first-order valence-electron chi connectivity index (χ1n) is 6.12. The van der Waals surface area contributed by atoms with Crippen molar-refractivity contribution in [1.29, 1.82) is 0 Å². The first-order chi connectivity index (χ1) is 9.29. The predicted molar refractivity (Wildman–Crippen MR) is 70.8 cm³/mol. The van der Waals surface area contributed by atoms with E-state index < -0.39 is 0 Å². The maximum atomic E-state index is 11.8. The average Bonchev–Trinajstić information content (AvgIpc) is 2.93. The molecule has 0 aromatic carbocycles. The van der Waals surface area contributed by atoms with Crippen LogP contribution in [0.4, 0.5) is 5.82 Å². The molecule has 19 heavy (non-hydrogen) atoms. The third-order valence-electron chi connectivity index (χ3n) is 2.48. The SMILES string of the molecule is CCNc1ccc(C(=O)NCCn2ccnn2)cn1. The van der Waals surface area contributed by atoms with E-state index >= 15 is 0 Å². The summed E-state index contributed by atoms with van der Waals surface area (Å²) in [5.41, 5.74) is 0.542. The van der Waals surface area contributed by atoms with Crippen molar-refractivity contribution in [1.82, 2.24) is 25.3 Å². The maximum Gasteiger partial charge on any atom is 0.252 e. The molecule has 1 amide bonds. The second kappa shape index (κ2) is 6.48. The highest BCUT2D eigenvalue weighted by atomic mass is 16.1. The fourth-order valence-corrected chi connectivity index (χ4v) is 1.55. The second-order valence-corrected chi connectivity index (χ2v) is 3.88. The molecule has 0 aliphatic rings. The molecule has 7 nitrogen and oxygen atoms in total. The molecule has 0 radical (unpaired) electrons. The lowest BCUT2D eigenvalue weighted by Gasteiger charge is -2.06. The first kappa shape index (κ1) is 13.0. The molecule has 0 unspecified atom stereocenters. The van der Waals surface area contributed by atoms with Gasteiger partial charge in [-0.15, -0.1) is 5.10 Å². The monoisotopic (exact) mass is 260 g/mol. The zero-order valence-electron chi connectivity index (χ0n) is 10.7. The number of hydrogen-bond donors (Lipinski definition) is 2. The van der Waals surface area contributed by atoms with E-state index in [2.05, 4.69) is 25.9 Å². The van der Waals surface area contributed by atoms with Crippen LogP contribution in [0.1, 0.15) is 17.3 Å². The second-order valence-electron chi connectivity index (χ2n) is 3.88. The maximum absolute atomic E-state index is 11.8. The van der Waals surface area contributed by atoms with E-state index in [1.54, 1.807) is 35.4 Å². The number of aromatic nitrogens is 4. The summed E-state index contributed by atoms with van der Waals surface area (Å²) in [6, 6.07) is 3.53. The number of pyridine rings is 1. The van der Waals surface area contributed by atoms with Crippen molar-refractivity contribution in [2.45, 2.75) is 13.5 Å². The van der Waals surface area contributed by atoms with Gasteiger partial charge in [-0.05, 0) is 19.1 Å². The Labute approximate surface area is 111 Å². The van der Waals surface area contributed by atoms with Crippen LogP contribution in [0.5, 0.6) is 0 Å². The van der Waals surface area contributed by atoms with E-state index in [-0.39, 0.29) is 5.91 Å². The van der Waals surface area contributed by atoms with Crippen molar-refractivity contribution in [3.05, 3.63) is 36.3 Å². The minimum atomic E-state index is -0.143. The Morgan fingerprint density at radius 2 is 2.32 bits per heavy atom. The quantitative estimate of drug-likeness (QED) is 0.791. The van der Waals surface area contributed by atoms with Crippen LogP contribution in [0.2, 0.25) is 0 Å². The van der Waals surface area contributed by atoms with Gasteiger partial charge in [-0.2, -0.15) is 0 Å². The van der Waals surface area contributed by atoms with Crippen LogP contribution in [0.15, 0.2) is 30.7 Å². The number of amides is 1. The summed E-state index contributed by atoms with van der Waals surface area (Å²) < 4.78 is 1.66. The summed E-state index contributed by atoms with van der Waals surface area (Å²) in [4.78, 5) is 16.0. The molecule has 0 bridgehead atoms. The van der Waals surface area contributed by atoms with Crippen LogP contribution in [0.25, 0.3) is 0 Å². The van der Waals surface area contributed by atoms with Gasteiger partial charge in [0, 0.05) is 25.5 Å². The zero-order valence-corrected chi connectivity index (χ0v) is 10.7. The summed E-state index contributed by atoms with van der Waals surface area (Å²) in [6.07, 6.45) is 4.91. The van der Waals surface area contributed by atoms with Crippen molar-refractivity contribution >= 4 is 11.7 Å². The van der Waals surface area contributed by atoms with Gasteiger partial charge in [0.25, 0.3) is 5.91 Å². The van der Waals surface area contributed by atoms with Crippen LogP contribution in [-0.2, 0) is 6.54 Å². The molecule has 0 saturated carbocycles. The molecule has 0 fully saturated rings. The van der Waals surface area contributed by atoms with E-state index in [0.29, 0.717) is 18.7 Å². The smallest absolute Gasteiger partial charge is 0.252 e. The lowest BCUT2D eigenvalue weighted by Crippen LogP contribution is -2.27. The van der Waals surface area contributed by atoms with Gasteiger partial charge in [0.15, 0.2) is 0 Å². The average molecular weight is 260 g/mol. The van der Waals surface area contributed by atoms with Crippen molar-refractivity contribution < 1.29 is 4.79 Å². The van der Waals surface area contributed by atoms with Crippen molar-refractivity contribution in [3.8, 4) is 0 Å². The van der Waals surface area contributed by atoms with Gasteiger partial charge in [0.2, 0.25) is 0 Å². The highest BCUT2D eigenvalue weighted by molar-refractivity contribution is 5.93. The van der Waals surface area contributed by atoms with Gasteiger partial charge in [-0.25, -0.2) is 4.98 Å². The molecule has 0 aliphatic heterocycles. The molecule has 0 spiro atoms. The molecule has 0 atom stereocenters. The molecule has 2 rings (SSSR count). The van der Waals surface area contributed by atoms with E-state index in [1.807, 2.05) is 6.92 Å². The van der Waals surface area contributed by atoms with Crippen molar-refractivity contribution in [2.24, 2.45) is 0 Å². The van der Waals surface area contributed by atoms with Gasteiger partial charge in [0.1, 0.15) is 5.82 Å². The lowest BCUT2D eigenvalue weighted by molar-refractivity contribution is 0.0951. The number of rotatable bonds is 6. The number of carbonyl (C=O) groups is 1.